The summed E-state index contributed by atoms with van der Waals surface area (Å²) in [5.41, 5.74) is 3.25. The van der Waals surface area contributed by atoms with E-state index in [0.717, 1.165) is 17.5 Å². The number of hydroxylamine groups is 2. The number of ether oxygens (including phenoxy) is 1. The molecule has 0 saturated heterocycles. The summed E-state index contributed by atoms with van der Waals surface area (Å²) in [5, 5.41) is 11.0. The Bertz CT molecular complexity index is 712. The number of carbonyl (C=O) groups excluding carboxylic acids is 1. The summed E-state index contributed by atoms with van der Waals surface area (Å²) >= 11 is 0. The van der Waals surface area contributed by atoms with Crippen molar-refractivity contribution in [3.63, 3.8) is 0 Å². The van der Waals surface area contributed by atoms with Crippen molar-refractivity contribution in [2.75, 3.05) is 13.1 Å². The molecular formula is C19H21NO3. The predicted molar refractivity (Wildman–Crippen MR) is 88.0 cm³/mol. The van der Waals surface area contributed by atoms with Gasteiger partial charge in [-0.3, -0.25) is 4.79 Å². The van der Waals surface area contributed by atoms with E-state index < -0.39 is 0 Å². The fourth-order valence-corrected chi connectivity index (χ4v) is 2.83. The van der Waals surface area contributed by atoms with Crippen LogP contribution in [0.25, 0.3) is 0 Å². The lowest BCUT2D eigenvalue weighted by Gasteiger charge is -2.14. The molecule has 0 saturated carbocycles. The molecule has 1 heterocycles. The molecule has 0 unspecified atom stereocenters. The summed E-state index contributed by atoms with van der Waals surface area (Å²) in [7, 11) is 0. The minimum atomic E-state index is 0.00404. The minimum absolute atomic E-state index is 0.00404. The summed E-state index contributed by atoms with van der Waals surface area (Å²) in [5.74, 6) is 0.633. The summed E-state index contributed by atoms with van der Waals surface area (Å²) in [4.78, 5) is 12.8. The van der Waals surface area contributed by atoms with Gasteiger partial charge in [-0.25, -0.2) is 0 Å². The van der Waals surface area contributed by atoms with Crippen molar-refractivity contribution >= 4 is 5.78 Å². The van der Waals surface area contributed by atoms with E-state index in [1.807, 2.05) is 49.4 Å². The van der Waals surface area contributed by atoms with Crippen molar-refractivity contribution in [1.29, 1.82) is 0 Å². The molecule has 0 radical (unpaired) electrons. The number of fused-ring (bicyclic) bond motifs is 2. The first-order valence-electron chi connectivity index (χ1n) is 8.01. The molecule has 0 aliphatic carbocycles. The van der Waals surface area contributed by atoms with Gasteiger partial charge in [-0.1, -0.05) is 37.3 Å². The smallest absolute Gasteiger partial charge is 0.197 e. The highest BCUT2D eigenvalue weighted by Crippen LogP contribution is 2.29. The van der Waals surface area contributed by atoms with Gasteiger partial charge in [0.1, 0.15) is 12.4 Å². The molecule has 0 bridgehead atoms. The monoisotopic (exact) mass is 311 g/mol. The molecule has 0 aromatic heterocycles. The maximum absolute atomic E-state index is 12.8. The first-order chi connectivity index (χ1) is 11.2. The zero-order valence-corrected chi connectivity index (χ0v) is 13.3. The van der Waals surface area contributed by atoms with Gasteiger partial charge in [-0.2, -0.15) is 5.06 Å². The van der Waals surface area contributed by atoms with Crippen LogP contribution in [-0.2, 0) is 13.0 Å². The highest BCUT2D eigenvalue weighted by Gasteiger charge is 2.22. The number of hydrogen-bond acceptors (Lipinski definition) is 4. The van der Waals surface area contributed by atoms with Crippen molar-refractivity contribution in [2.45, 2.75) is 26.4 Å². The zero-order valence-electron chi connectivity index (χ0n) is 13.3. The van der Waals surface area contributed by atoms with Crippen LogP contribution in [0.4, 0.5) is 0 Å². The molecule has 2 aromatic carbocycles. The van der Waals surface area contributed by atoms with Crippen LogP contribution in [0.2, 0.25) is 0 Å². The van der Waals surface area contributed by atoms with Gasteiger partial charge in [-0.05, 0) is 30.5 Å². The van der Waals surface area contributed by atoms with Crippen LogP contribution < -0.4 is 4.74 Å². The number of ketones is 1. The van der Waals surface area contributed by atoms with Crippen LogP contribution in [-0.4, -0.2) is 29.1 Å². The van der Waals surface area contributed by atoms with E-state index in [9.17, 15) is 10.0 Å². The highest BCUT2D eigenvalue weighted by atomic mass is 16.5. The number of rotatable bonds is 5. The maximum atomic E-state index is 12.8. The summed E-state index contributed by atoms with van der Waals surface area (Å²) in [6.45, 7) is 3.65. The number of benzene rings is 2. The van der Waals surface area contributed by atoms with E-state index >= 15 is 0 Å². The number of carbonyl (C=O) groups is 1. The molecule has 1 aliphatic rings. The fourth-order valence-electron chi connectivity index (χ4n) is 2.83. The summed E-state index contributed by atoms with van der Waals surface area (Å²) < 4.78 is 5.78. The molecule has 2 aromatic rings. The molecule has 4 nitrogen and oxygen atoms in total. The fraction of sp³-hybridized carbons (Fsp3) is 0.316. The van der Waals surface area contributed by atoms with Crippen LogP contribution in [0.1, 0.15) is 40.4 Å². The third-order valence-corrected chi connectivity index (χ3v) is 4.07. The Morgan fingerprint density at radius 2 is 1.96 bits per heavy atom. The van der Waals surface area contributed by atoms with Crippen LogP contribution in [0.5, 0.6) is 5.75 Å². The van der Waals surface area contributed by atoms with Crippen molar-refractivity contribution < 1.29 is 14.7 Å². The Balaban J connectivity index is 1.84. The quantitative estimate of drug-likeness (QED) is 0.859. The lowest BCUT2D eigenvalue weighted by molar-refractivity contribution is -0.0893. The summed E-state index contributed by atoms with van der Waals surface area (Å²) in [6.07, 6.45) is 1.60. The second-order valence-electron chi connectivity index (χ2n) is 5.81. The molecular weight excluding hydrogens is 290 g/mol. The Labute approximate surface area is 136 Å². The number of hydrogen-bond donors (Lipinski definition) is 1. The van der Waals surface area contributed by atoms with E-state index in [-0.39, 0.29) is 5.78 Å². The average molecular weight is 311 g/mol. The van der Waals surface area contributed by atoms with Gasteiger partial charge in [0.15, 0.2) is 5.78 Å². The molecule has 0 spiro atoms. The van der Waals surface area contributed by atoms with Gasteiger partial charge in [-0.15, -0.1) is 0 Å². The SMILES string of the molecule is CCCN(O)CCc1ccc2c(c1)C(=O)c1ccccc1CO2. The van der Waals surface area contributed by atoms with Crippen molar-refractivity contribution in [3.05, 3.63) is 64.7 Å². The standard InChI is InChI=1S/C19H21NO3/c1-2-10-20(22)11-9-14-7-8-18-17(12-14)19(21)16-6-4-3-5-15(16)13-23-18/h3-8,12,22H,2,9-11,13H2,1H3. The van der Waals surface area contributed by atoms with Crippen LogP contribution in [0.3, 0.4) is 0 Å². The van der Waals surface area contributed by atoms with E-state index in [4.69, 9.17) is 4.74 Å². The Kier molecular flexibility index (Phi) is 4.74. The Hall–Kier alpha value is -2.17. The zero-order chi connectivity index (χ0) is 16.2. The van der Waals surface area contributed by atoms with Crippen molar-refractivity contribution in [2.24, 2.45) is 0 Å². The Morgan fingerprint density at radius 3 is 2.78 bits per heavy atom. The molecule has 0 fully saturated rings. The van der Waals surface area contributed by atoms with Crippen LogP contribution in [0.15, 0.2) is 42.5 Å². The lowest BCUT2D eigenvalue weighted by atomic mass is 9.97. The summed E-state index contributed by atoms with van der Waals surface area (Å²) in [6, 6.07) is 13.3. The minimum Gasteiger partial charge on any atom is -0.488 e. The molecule has 1 aliphatic heterocycles. The van der Waals surface area contributed by atoms with E-state index in [1.54, 1.807) is 0 Å². The molecule has 0 amide bonds. The van der Waals surface area contributed by atoms with Crippen LogP contribution >= 0.6 is 0 Å². The topological polar surface area (TPSA) is 49.8 Å². The van der Waals surface area contributed by atoms with E-state index in [2.05, 4.69) is 0 Å². The first kappa shape index (κ1) is 15.7. The second kappa shape index (κ2) is 6.94. The average Bonchev–Trinajstić information content (AvgIpc) is 2.71. The van der Waals surface area contributed by atoms with Gasteiger partial charge in [0.05, 0.1) is 5.56 Å². The first-order valence-corrected chi connectivity index (χ1v) is 8.01. The van der Waals surface area contributed by atoms with Crippen molar-refractivity contribution in [3.8, 4) is 5.75 Å². The molecule has 23 heavy (non-hydrogen) atoms. The van der Waals surface area contributed by atoms with E-state index in [0.29, 0.717) is 43.0 Å². The van der Waals surface area contributed by atoms with E-state index in [1.165, 1.54) is 5.06 Å². The van der Waals surface area contributed by atoms with Gasteiger partial charge in [0, 0.05) is 24.2 Å². The van der Waals surface area contributed by atoms with Crippen LogP contribution in [0, 0.1) is 0 Å². The van der Waals surface area contributed by atoms with Gasteiger partial charge < -0.3 is 9.94 Å². The highest BCUT2D eigenvalue weighted by molar-refractivity contribution is 6.12. The number of nitrogens with zero attached hydrogens (tertiary/aromatic N) is 1. The molecule has 3 rings (SSSR count). The van der Waals surface area contributed by atoms with Gasteiger partial charge in [0.25, 0.3) is 0 Å². The van der Waals surface area contributed by atoms with Crippen molar-refractivity contribution in [1.82, 2.24) is 5.06 Å². The maximum Gasteiger partial charge on any atom is 0.197 e. The third kappa shape index (κ3) is 3.44. The molecule has 1 N–H and O–H groups in total. The molecule has 0 atom stereocenters. The van der Waals surface area contributed by atoms with Gasteiger partial charge in [0.2, 0.25) is 0 Å². The largest absolute Gasteiger partial charge is 0.488 e. The third-order valence-electron chi connectivity index (χ3n) is 4.07. The lowest BCUT2D eigenvalue weighted by Crippen LogP contribution is -2.22. The molecule has 120 valence electrons. The predicted octanol–water partition coefficient (Wildman–Crippen LogP) is 3.45. The molecule has 4 heteroatoms. The Morgan fingerprint density at radius 1 is 1.13 bits per heavy atom. The van der Waals surface area contributed by atoms with Gasteiger partial charge >= 0.3 is 0 Å². The second-order valence-corrected chi connectivity index (χ2v) is 5.81. The normalized spacial score (nSPS) is 13.3.